The van der Waals surface area contributed by atoms with Gasteiger partial charge in [0.15, 0.2) is 0 Å². The Hall–Kier alpha value is -1.13. The van der Waals surface area contributed by atoms with Crippen molar-refractivity contribution in [2.75, 3.05) is 26.7 Å². The van der Waals surface area contributed by atoms with Gasteiger partial charge in [0.05, 0.1) is 18.8 Å². The zero-order valence-electron chi connectivity index (χ0n) is 13.7. The van der Waals surface area contributed by atoms with Gasteiger partial charge in [-0.15, -0.1) is 0 Å². The summed E-state index contributed by atoms with van der Waals surface area (Å²) >= 11 is 0. The van der Waals surface area contributed by atoms with Crippen molar-refractivity contribution in [3.8, 4) is 5.75 Å². The third-order valence-electron chi connectivity index (χ3n) is 3.95. The molecule has 114 valence electrons. The van der Waals surface area contributed by atoms with Gasteiger partial charge in [-0.1, -0.05) is 13.8 Å². The molecule has 4 heteroatoms. The van der Waals surface area contributed by atoms with Gasteiger partial charge >= 0.3 is 0 Å². The van der Waals surface area contributed by atoms with Crippen LogP contribution in [0.25, 0.3) is 0 Å². The molecular weight excluding hydrogens is 250 g/mol. The van der Waals surface area contributed by atoms with Crippen LogP contribution in [0.4, 0.5) is 0 Å². The second-order valence-electron chi connectivity index (χ2n) is 5.43. The van der Waals surface area contributed by atoms with Gasteiger partial charge in [0, 0.05) is 11.7 Å². The number of nitrogens with one attached hydrogen (secondary N) is 1. The van der Waals surface area contributed by atoms with E-state index in [0.717, 1.165) is 24.4 Å². The van der Waals surface area contributed by atoms with Crippen LogP contribution in [0.2, 0.25) is 0 Å². The van der Waals surface area contributed by atoms with Crippen molar-refractivity contribution in [3.63, 3.8) is 0 Å². The Balaban J connectivity index is 3.08. The molecule has 1 rings (SSSR count). The number of nitrogens with zero attached hydrogens (tertiary/aromatic N) is 2. The molecule has 0 aromatic carbocycles. The normalized spacial score (nSPS) is 13.6. The average Bonchev–Trinajstić information content (AvgIpc) is 2.41. The topological polar surface area (TPSA) is 37.4 Å². The molecule has 1 aromatic heterocycles. The Bertz CT molecular complexity index is 402. The third-order valence-corrected chi connectivity index (χ3v) is 3.95. The van der Waals surface area contributed by atoms with Gasteiger partial charge in [-0.25, -0.2) is 0 Å². The first-order valence-electron chi connectivity index (χ1n) is 7.51. The molecule has 1 unspecified atom stereocenters. The molecule has 0 spiro atoms. The molecule has 0 aliphatic heterocycles. The molecule has 0 amide bonds. The number of hydrogen-bond donors (Lipinski definition) is 1. The molecule has 1 N–H and O–H groups in total. The van der Waals surface area contributed by atoms with Gasteiger partial charge in [0.2, 0.25) is 0 Å². The van der Waals surface area contributed by atoms with Crippen LogP contribution in [-0.4, -0.2) is 42.2 Å². The smallest absolute Gasteiger partial charge is 0.137 e. The molecule has 0 aliphatic carbocycles. The Kier molecular flexibility index (Phi) is 6.43. The number of pyridine rings is 1. The molecule has 4 nitrogen and oxygen atoms in total. The lowest BCUT2D eigenvalue weighted by molar-refractivity contribution is 0.0942. The van der Waals surface area contributed by atoms with Crippen molar-refractivity contribution < 1.29 is 4.74 Å². The molecule has 1 atom stereocenters. The molecular formula is C16H29N3O. The SMILES string of the molecule is CCOc1cncc(C(NC)C(C)(C)N(CC)CC)c1. The van der Waals surface area contributed by atoms with E-state index >= 15 is 0 Å². The summed E-state index contributed by atoms with van der Waals surface area (Å²) in [6.07, 6.45) is 3.69. The highest BCUT2D eigenvalue weighted by Crippen LogP contribution is 2.31. The minimum atomic E-state index is 0.00473. The summed E-state index contributed by atoms with van der Waals surface area (Å²) < 4.78 is 5.56. The monoisotopic (exact) mass is 279 g/mol. The summed E-state index contributed by atoms with van der Waals surface area (Å²) in [5.41, 5.74) is 1.17. The van der Waals surface area contributed by atoms with E-state index in [1.165, 1.54) is 0 Å². The molecule has 0 saturated heterocycles. The van der Waals surface area contributed by atoms with E-state index in [1.807, 2.05) is 20.2 Å². The van der Waals surface area contributed by atoms with Crippen molar-refractivity contribution in [2.45, 2.75) is 46.2 Å². The second kappa shape index (κ2) is 7.60. The standard InChI is InChI=1S/C16H29N3O/c1-7-19(8-2)16(4,5)15(17-6)13-10-14(20-9-3)12-18-11-13/h10-12,15,17H,7-9H2,1-6H3. The van der Waals surface area contributed by atoms with Gasteiger partial charge in [-0.2, -0.15) is 0 Å². The van der Waals surface area contributed by atoms with E-state index in [1.54, 1.807) is 6.20 Å². The maximum absolute atomic E-state index is 5.56. The fourth-order valence-electron chi connectivity index (χ4n) is 2.99. The van der Waals surface area contributed by atoms with Crippen LogP contribution in [0.3, 0.4) is 0 Å². The number of ether oxygens (including phenoxy) is 1. The van der Waals surface area contributed by atoms with Crippen molar-refractivity contribution in [3.05, 3.63) is 24.0 Å². The largest absolute Gasteiger partial charge is 0.492 e. The van der Waals surface area contributed by atoms with Crippen LogP contribution in [0.1, 0.15) is 46.2 Å². The van der Waals surface area contributed by atoms with Crippen molar-refractivity contribution >= 4 is 0 Å². The first-order valence-corrected chi connectivity index (χ1v) is 7.51. The van der Waals surface area contributed by atoms with Gasteiger partial charge < -0.3 is 10.1 Å². The Morgan fingerprint density at radius 1 is 1.25 bits per heavy atom. The van der Waals surface area contributed by atoms with Gasteiger partial charge in [0.25, 0.3) is 0 Å². The minimum absolute atomic E-state index is 0.00473. The van der Waals surface area contributed by atoms with E-state index in [-0.39, 0.29) is 11.6 Å². The second-order valence-corrected chi connectivity index (χ2v) is 5.43. The Morgan fingerprint density at radius 3 is 2.40 bits per heavy atom. The molecule has 0 radical (unpaired) electrons. The molecule has 0 saturated carbocycles. The molecule has 1 aromatic rings. The molecule has 20 heavy (non-hydrogen) atoms. The van der Waals surface area contributed by atoms with Crippen LogP contribution < -0.4 is 10.1 Å². The van der Waals surface area contributed by atoms with Crippen LogP contribution in [0.15, 0.2) is 18.5 Å². The van der Waals surface area contributed by atoms with Crippen LogP contribution >= 0.6 is 0 Å². The van der Waals surface area contributed by atoms with Gasteiger partial charge in [-0.05, 0) is 52.5 Å². The lowest BCUT2D eigenvalue weighted by atomic mass is 9.87. The summed E-state index contributed by atoms with van der Waals surface area (Å²) in [7, 11) is 2.00. The Labute approximate surface area is 123 Å². The molecule has 0 fully saturated rings. The molecule has 0 bridgehead atoms. The fraction of sp³-hybridized carbons (Fsp3) is 0.688. The number of rotatable bonds is 8. The van der Waals surface area contributed by atoms with E-state index in [4.69, 9.17) is 4.74 Å². The summed E-state index contributed by atoms with van der Waals surface area (Å²) in [5.74, 6) is 0.834. The lowest BCUT2D eigenvalue weighted by Gasteiger charge is -2.43. The Morgan fingerprint density at radius 2 is 1.90 bits per heavy atom. The first kappa shape index (κ1) is 16.9. The zero-order valence-corrected chi connectivity index (χ0v) is 13.7. The average molecular weight is 279 g/mol. The first-order chi connectivity index (χ1) is 9.51. The van der Waals surface area contributed by atoms with Crippen molar-refractivity contribution in [2.24, 2.45) is 0 Å². The highest BCUT2D eigenvalue weighted by molar-refractivity contribution is 5.28. The summed E-state index contributed by atoms with van der Waals surface area (Å²) in [5, 5.41) is 3.44. The molecule has 0 aliphatic rings. The highest BCUT2D eigenvalue weighted by Gasteiger charge is 2.34. The van der Waals surface area contributed by atoms with E-state index in [0.29, 0.717) is 6.61 Å². The number of aromatic nitrogens is 1. The van der Waals surface area contributed by atoms with Crippen LogP contribution in [-0.2, 0) is 0 Å². The van der Waals surface area contributed by atoms with Crippen molar-refractivity contribution in [1.29, 1.82) is 0 Å². The van der Waals surface area contributed by atoms with Crippen LogP contribution in [0.5, 0.6) is 5.75 Å². The summed E-state index contributed by atoms with van der Waals surface area (Å²) in [6.45, 7) is 13.7. The molecule has 1 heterocycles. The van der Waals surface area contributed by atoms with E-state index in [9.17, 15) is 0 Å². The van der Waals surface area contributed by atoms with Crippen molar-refractivity contribution in [1.82, 2.24) is 15.2 Å². The highest BCUT2D eigenvalue weighted by atomic mass is 16.5. The maximum atomic E-state index is 5.56. The predicted octanol–water partition coefficient (Wildman–Crippen LogP) is 2.86. The third kappa shape index (κ3) is 3.70. The van der Waals surface area contributed by atoms with E-state index in [2.05, 4.69) is 49.0 Å². The van der Waals surface area contributed by atoms with Gasteiger partial charge in [0.1, 0.15) is 5.75 Å². The minimum Gasteiger partial charge on any atom is -0.492 e. The van der Waals surface area contributed by atoms with Gasteiger partial charge in [-0.3, -0.25) is 9.88 Å². The number of likely N-dealkylation sites (N-methyl/N-ethyl adjacent to an activating group) is 2. The quantitative estimate of drug-likeness (QED) is 0.794. The van der Waals surface area contributed by atoms with Crippen LogP contribution in [0, 0.1) is 0 Å². The summed E-state index contributed by atoms with van der Waals surface area (Å²) in [4.78, 5) is 6.77. The maximum Gasteiger partial charge on any atom is 0.137 e. The number of hydrogen-bond acceptors (Lipinski definition) is 4. The lowest BCUT2D eigenvalue weighted by Crippen LogP contribution is -2.51. The summed E-state index contributed by atoms with van der Waals surface area (Å²) in [6, 6.07) is 2.29. The zero-order chi connectivity index (χ0) is 15.2. The fourth-order valence-corrected chi connectivity index (χ4v) is 2.99. The predicted molar refractivity (Wildman–Crippen MR) is 84.2 cm³/mol. The van der Waals surface area contributed by atoms with E-state index < -0.39 is 0 Å².